The summed E-state index contributed by atoms with van der Waals surface area (Å²) in [4.78, 5) is 6.64. The molecule has 0 radical (unpaired) electrons. The molecule has 0 bridgehead atoms. The van der Waals surface area contributed by atoms with Crippen LogP contribution in [0.5, 0.6) is 17.2 Å². The lowest BCUT2D eigenvalue weighted by molar-refractivity contribution is -0.00665. The van der Waals surface area contributed by atoms with Crippen molar-refractivity contribution in [2.24, 2.45) is 0 Å². The van der Waals surface area contributed by atoms with E-state index in [9.17, 15) is 0 Å². The molecule has 1 atom stereocenters. The van der Waals surface area contributed by atoms with Crippen LogP contribution in [0.25, 0.3) is 11.4 Å². The van der Waals surface area contributed by atoms with Gasteiger partial charge in [-0.2, -0.15) is 4.98 Å². The van der Waals surface area contributed by atoms with Crippen molar-refractivity contribution >= 4 is 0 Å². The lowest BCUT2D eigenvalue weighted by atomic mass is 10.1. The molecule has 8 nitrogen and oxygen atoms in total. The predicted octanol–water partition coefficient (Wildman–Crippen LogP) is 1.77. The Morgan fingerprint density at radius 1 is 1.12 bits per heavy atom. The average molecular weight is 335 g/mol. The van der Waals surface area contributed by atoms with Crippen molar-refractivity contribution in [2.45, 2.75) is 6.04 Å². The number of morpholine rings is 1. The van der Waals surface area contributed by atoms with Gasteiger partial charge in [0.05, 0.1) is 34.5 Å². The molecule has 24 heavy (non-hydrogen) atoms. The number of nitrogens with zero attached hydrogens (tertiary/aromatic N) is 3. The van der Waals surface area contributed by atoms with E-state index in [4.69, 9.17) is 23.5 Å². The van der Waals surface area contributed by atoms with Crippen LogP contribution in [0.15, 0.2) is 16.7 Å². The summed E-state index contributed by atoms with van der Waals surface area (Å²) in [5.74, 6) is 2.59. The van der Waals surface area contributed by atoms with Crippen LogP contribution >= 0.6 is 0 Å². The fraction of sp³-hybridized carbons (Fsp3) is 0.500. The van der Waals surface area contributed by atoms with Gasteiger partial charge in [0.1, 0.15) is 6.04 Å². The molecule has 130 valence electrons. The van der Waals surface area contributed by atoms with Gasteiger partial charge >= 0.3 is 0 Å². The standard InChI is InChI=1S/C16H21N3O5/c1-19-5-6-23-9-11(19)16-17-15(18-24-16)10-7-12(20-2)14(22-4)13(8-10)21-3/h7-8,11H,5-6,9H2,1-4H3. The molecule has 0 spiro atoms. The van der Waals surface area contributed by atoms with E-state index in [0.29, 0.717) is 42.2 Å². The van der Waals surface area contributed by atoms with Crippen molar-refractivity contribution in [3.05, 3.63) is 18.0 Å². The maximum atomic E-state index is 5.50. The highest BCUT2D eigenvalue weighted by Crippen LogP contribution is 2.40. The van der Waals surface area contributed by atoms with Crippen molar-refractivity contribution in [2.75, 3.05) is 48.1 Å². The van der Waals surface area contributed by atoms with E-state index in [1.54, 1.807) is 33.5 Å². The van der Waals surface area contributed by atoms with E-state index in [1.165, 1.54) is 0 Å². The molecule has 2 heterocycles. The largest absolute Gasteiger partial charge is 0.493 e. The van der Waals surface area contributed by atoms with Crippen molar-refractivity contribution in [1.29, 1.82) is 0 Å². The minimum atomic E-state index is -0.0398. The number of aromatic nitrogens is 2. The number of benzene rings is 1. The maximum Gasteiger partial charge on any atom is 0.246 e. The van der Waals surface area contributed by atoms with E-state index < -0.39 is 0 Å². The number of hydrogen-bond donors (Lipinski definition) is 0. The Labute approximate surface area is 140 Å². The molecule has 8 heteroatoms. The van der Waals surface area contributed by atoms with Crippen LogP contribution in [0, 0.1) is 0 Å². The summed E-state index contributed by atoms with van der Waals surface area (Å²) in [6.07, 6.45) is 0. The summed E-state index contributed by atoms with van der Waals surface area (Å²) in [6.45, 7) is 2.07. The predicted molar refractivity (Wildman–Crippen MR) is 85.6 cm³/mol. The molecule has 1 aliphatic rings. The zero-order chi connectivity index (χ0) is 17.1. The molecule has 3 rings (SSSR count). The van der Waals surface area contributed by atoms with Gasteiger partial charge in [0, 0.05) is 12.1 Å². The first-order valence-electron chi connectivity index (χ1n) is 7.60. The summed E-state index contributed by atoms with van der Waals surface area (Å²) < 4.78 is 27.0. The van der Waals surface area contributed by atoms with Crippen LogP contribution in [0.4, 0.5) is 0 Å². The van der Waals surface area contributed by atoms with Crippen LogP contribution < -0.4 is 14.2 Å². The summed E-state index contributed by atoms with van der Waals surface area (Å²) in [6, 6.07) is 3.54. The Balaban J connectivity index is 1.95. The van der Waals surface area contributed by atoms with Gasteiger partial charge in [-0.3, -0.25) is 4.90 Å². The molecule has 0 N–H and O–H groups in total. The Morgan fingerprint density at radius 3 is 2.42 bits per heavy atom. The highest BCUT2D eigenvalue weighted by Gasteiger charge is 2.27. The molecule has 0 saturated carbocycles. The monoisotopic (exact) mass is 335 g/mol. The van der Waals surface area contributed by atoms with Gasteiger partial charge in [-0.05, 0) is 19.2 Å². The summed E-state index contributed by atoms with van der Waals surface area (Å²) in [5.41, 5.74) is 0.721. The van der Waals surface area contributed by atoms with Crippen LogP contribution in [-0.2, 0) is 4.74 Å². The number of likely N-dealkylation sites (N-methyl/N-ethyl adjacent to an activating group) is 1. The molecule has 0 aliphatic carbocycles. The molecule has 1 unspecified atom stereocenters. The fourth-order valence-corrected chi connectivity index (χ4v) is 2.64. The van der Waals surface area contributed by atoms with Crippen molar-refractivity contribution in [3.63, 3.8) is 0 Å². The molecular formula is C16H21N3O5. The average Bonchev–Trinajstić information content (AvgIpc) is 3.10. The quantitative estimate of drug-likeness (QED) is 0.818. The third-order valence-corrected chi connectivity index (χ3v) is 4.05. The van der Waals surface area contributed by atoms with Gasteiger partial charge in [-0.25, -0.2) is 0 Å². The molecule has 1 fully saturated rings. The van der Waals surface area contributed by atoms with Crippen molar-refractivity contribution in [1.82, 2.24) is 15.0 Å². The highest BCUT2D eigenvalue weighted by molar-refractivity contribution is 5.66. The minimum Gasteiger partial charge on any atom is -0.493 e. The Bertz CT molecular complexity index is 678. The Morgan fingerprint density at radius 2 is 1.83 bits per heavy atom. The number of ether oxygens (including phenoxy) is 4. The van der Waals surface area contributed by atoms with Gasteiger partial charge in [0.25, 0.3) is 0 Å². The second-order valence-corrected chi connectivity index (χ2v) is 5.44. The molecule has 1 aromatic heterocycles. The van der Waals surface area contributed by atoms with Gasteiger partial charge < -0.3 is 23.5 Å². The topological polar surface area (TPSA) is 79.1 Å². The van der Waals surface area contributed by atoms with E-state index in [2.05, 4.69) is 15.0 Å². The Hall–Kier alpha value is -2.32. The minimum absolute atomic E-state index is 0.0398. The SMILES string of the molecule is COc1cc(-c2noc(C3COCCN3C)n2)cc(OC)c1OC. The first kappa shape index (κ1) is 16.5. The maximum absolute atomic E-state index is 5.50. The van der Waals surface area contributed by atoms with E-state index >= 15 is 0 Å². The zero-order valence-electron chi connectivity index (χ0n) is 14.2. The van der Waals surface area contributed by atoms with E-state index in [1.807, 2.05) is 7.05 Å². The second-order valence-electron chi connectivity index (χ2n) is 5.44. The normalized spacial score (nSPS) is 18.4. The zero-order valence-corrected chi connectivity index (χ0v) is 14.2. The van der Waals surface area contributed by atoms with Gasteiger partial charge in [-0.1, -0.05) is 5.16 Å². The second kappa shape index (κ2) is 7.06. The fourth-order valence-electron chi connectivity index (χ4n) is 2.64. The third kappa shape index (κ3) is 3.02. The van der Waals surface area contributed by atoms with Crippen LogP contribution in [-0.4, -0.2) is 63.2 Å². The van der Waals surface area contributed by atoms with Gasteiger partial charge in [-0.15, -0.1) is 0 Å². The number of rotatable bonds is 5. The molecule has 1 aromatic carbocycles. The van der Waals surface area contributed by atoms with Gasteiger partial charge in [0.2, 0.25) is 17.5 Å². The lowest BCUT2D eigenvalue weighted by Gasteiger charge is -2.29. The van der Waals surface area contributed by atoms with E-state index in [-0.39, 0.29) is 6.04 Å². The van der Waals surface area contributed by atoms with Crippen LogP contribution in [0.1, 0.15) is 11.9 Å². The molecular weight excluding hydrogens is 314 g/mol. The summed E-state index contributed by atoms with van der Waals surface area (Å²) >= 11 is 0. The highest BCUT2D eigenvalue weighted by atomic mass is 16.5. The third-order valence-electron chi connectivity index (χ3n) is 4.05. The van der Waals surface area contributed by atoms with E-state index in [0.717, 1.165) is 12.1 Å². The lowest BCUT2D eigenvalue weighted by Crippen LogP contribution is -2.36. The van der Waals surface area contributed by atoms with Crippen LogP contribution in [0.3, 0.4) is 0 Å². The van der Waals surface area contributed by atoms with Gasteiger partial charge in [0.15, 0.2) is 11.5 Å². The Kier molecular flexibility index (Phi) is 4.86. The molecule has 1 saturated heterocycles. The molecule has 1 aliphatic heterocycles. The van der Waals surface area contributed by atoms with Crippen LogP contribution in [0.2, 0.25) is 0 Å². The number of methoxy groups -OCH3 is 3. The molecule has 0 amide bonds. The number of hydrogen-bond acceptors (Lipinski definition) is 8. The first-order chi connectivity index (χ1) is 11.7. The van der Waals surface area contributed by atoms with Crippen molar-refractivity contribution in [3.8, 4) is 28.6 Å². The summed E-state index contributed by atoms with van der Waals surface area (Å²) in [5, 5.41) is 4.08. The first-order valence-corrected chi connectivity index (χ1v) is 7.60. The van der Waals surface area contributed by atoms with Crippen molar-refractivity contribution < 1.29 is 23.5 Å². The summed E-state index contributed by atoms with van der Waals surface area (Å²) in [7, 11) is 6.70. The molecule has 2 aromatic rings. The smallest absolute Gasteiger partial charge is 0.246 e.